The van der Waals surface area contributed by atoms with E-state index in [0.29, 0.717) is 10.6 Å². The summed E-state index contributed by atoms with van der Waals surface area (Å²) in [5.74, 6) is 0. The van der Waals surface area contributed by atoms with E-state index < -0.39 is 0 Å². The molecule has 0 unspecified atom stereocenters. The van der Waals surface area contributed by atoms with Crippen LogP contribution in [0.25, 0.3) is 10.4 Å². The predicted octanol–water partition coefficient (Wildman–Crippen LogP) is 5.52. The molecule has 0 saturated carbocycles. The van der Waals surface area contributed by atoms with E-state index in [0.717, 1.165) is 22.2 Å². The lowest BCUT2D eigenvalue weighted by atomic mass is 10.2. The zero-order valence-electron chi connectivity index (χ0n) is 10.6. The molecule has 100 valence electrons. The smallest absolute Gasteiger partial charge is 0.224 e. The van der Waals surface area contributed by atoms with Gasteiger partial charge in [-0.2, -0.15) is 0 Å². The summed E-state index contributed by atoms with van der Waals surface area (Å²) in [7, 11) is 0. The standard InChI is InChI=1S/C14H10ClN3OS/c1-9-2-5-11(6-3-9)20-14(19)12-8-10(15)4-7-13(12)17-18-16/h2-8H,1H3. The number of aryl methyl sites for hydroxylation is 1. The van der Waals surface area contributed by atoms with Crippen molar-refractivity contribution in [2.24, 2.45) is 5.11 Å². The number of nitrogens with zero attached hydrogens (tertiary/aromatic N) is 3. The molecule has 0 heterocycles. The summed E-state index contributed by atoms with van der Waals surface area (Å²) in [6, 6.07) is 12.2. The number of thioether (sulfide) groups is 1. The summed E-state index contributed by atoms with van der Waals surface area (Å²) in [5, 5.41) is 3.73. The molecular weight excluding hydrogens is 294 g/mol. The Kier molecular flexibility index (Phi) is 4.69. The highest BCUT2D eigenvalue weighted by Gasteiger charge is 2.13. The van der Waals surface area contributed by atoms with E-state index in [2.05, 4.69) is 10.0 Å². The molecule has 0 fully saturated rings. The van der Waals surface area contributed by atoms with Gasteiger partial charge in [0.2, 0.25) is 5.12 Å². The molecule has 20 heavy (non-hydrogen) atoms. The largest absolute Gasteiger partial charge is 0.281 e. The highest BCUT2D eigenvalue weighted by molar-refractivity contribution is 8.14. The number of carbonyl (C=O) groups is 1. The van der Waals surface area contributed by atoms with Crippen molar-refractivity contribution in [1.29, 1.82) is 0 Å². The van der Waals surface area contributed by atoms with Crippen molar-refractivity contribution in [3.8, 4) is 0 Å². The number of rotatable bonds is 3. The Balaban J connectivity index is 2.30. The van der Waals surface area contributed by atoms with Gasteiger partial charge in [-0.15, -0.1) is 0 Å². The minimum absolute atomic E-state index is 0.209. The lowest BCUT2D eigenvalue weighted by Gasteiger charge is -2.05. The second kappa shape index (κ2) is 6.48. The molecule has 0 aliphatic rings. The first kappa shape index (κ1) is 14.5. The Morgan fingerprint density at radius 1 is 1.25 bits per heavy atom. The second-order valence-electron chi connectivity index (χ2n) is 4.05. The average molecular weight is 304 g/mol. The zero-order chi connectivity index (χ0) is 14.5. The monoisotopic (exact) mass is 303 g/mol. The lowest BCUT2D eigenvalue weighted by molar-refractivity contribution is 0.108. The van der Waals surface area contributed by atoms with Gasteiger partial charge in [-0.3, -0.25) is 4.79 Å². The van der Waals surface area contributed by atoms with Gasteiger partial charge in [0, 0.05) is 26.1 Å². The first-order chi connectivity index (χ1) is 9.60. The molecular formula is C14H10ClN3OS. The van der Waals surface area contributed by atoms with E-state index in [1.54, 1.807) is 6.07 Å². The van der Waals surface area contributed by atoms with Crippen molar-refractivity contribution in [2.45, 2.75) is 11.8 Å². The quantitative estimate of drug-likeness (QED) is 0.324. The Hall–Kier alpha value is -1.94. The van der Waals surface area contributed by atoms with E-state index in [1.165, 1.54) is 12.1 Å². The molecule has 0 atom stereocenters. The van der Waals surface area contributed by atoms with Crippen molar-refractivity contribution < 1.29 is 4.79 Å². The van der Waals surface area contributed by atoms with Gasteiger partial charge in [-0.25, -0.2) is 0 Å². The third-order valence-electron chi connectivity index (χ3n) is 2.56. The average Bonchev–Trinajstić information content (AvgIpc) is 2.43. The Morgan fingerprint density at radius 3 is 2.60 bits per heavy atom. The van der Waals surface area contributed by atoms with Crippen LogP contribution in [0, 0.1) is 6.92 Å². The van der Waals surface area contributed by atoms with Gasteiger partial charge in [0.05, 0.1) is 0 Å². The van der Waals surface area contributed by atoms with Crippen LogP contribution in [0.2, 0.25) is 5.02 Å². The van der Waals surface area contributed by atoms with Crippen LogP contribution in [0.5, 0.6) is 0 Å². The number of benzene rings is 2. The predicted molar refractivity (Wildman–Crippen MR) is 81.6 cm³/mol. The molecule has 2 rings (SSSR count). The molecule has 0 aromatic heterocycles. The molecule has 2 aromatic carbocycles. The maximum absolute atomic E-state index is 12.3. The summed E-state index contributed by atoms with van der Waals surface area (Å²) in [6.45, 7) is 1.98. The molecule has 0 amide bonds. The third-order valence-corrected chi connectivity index (χ3v) is 3.71. The van der Waals surface area contributed by atoms with Gasteiger partial charge in [0.15, 0.2) is 0 Å². The molecule has 0 saturated heterocycles. The highest BCUT2D eigenvalue weighted by Crippen LogP contribution is 2.30. The van der Waals surface area contributed by atoms with Crippen molar-refractivity contribution >= 4 is 34.2 Å². The molecule has 0 N–H and O–H groups in total. The minimum atomic E-state index is -0.209. The highest BCUT2D eigenvalue weighted by atomic mass is 35.5. The number of azide groups is 1. The zero-order valence-corrected chi connectivity index (χ0v) is 12.1. The Labute approximate surface area is 125 Å². The topological polar surface area (TPSA) is 65.8 Å². The molecule has 0 aliphatic heterocycles. The number of halogens is 1. The van der Waals surface area contributed by atoms with E-state index in [1.807, 2.05) is 31.2 Å². The lowest BCUT2D eigenvalue weighted by Crippen LogP contribution is -1.94. The van der Waals surface area contributed by atoms with E-state index in [-0.39, 0.29) is 10.8 Å². The Morgan fingerprint density at radius 2 is 1.95 bits per heavy atom. The fourth-order valence-corrected chi connectivity index (χ4v) is 2.51. The Bertz CT molecular complexity index is 694. The summed E-state index contributed by atoms with van der Waals surface area (Å²) >= 11 is 6.96. The summed E-state index contributed by atoms with van der Waals surface area (Å²) < 4.78 is 0. The first-order valence-corrected chi connectivity index (χ1v) is 6.93. The van der Waals surface area contributed by atoms with E-state index in [4.69, 9.17) is 17.1 Å². The molecule has 0 bridgehead atoms. The second-order valence-corrected chi connectivity index (χ2v) is 5.54. The maximum atomic E-state index is 12.3. The van der Waals surface area contributed by atoms with E-state index in [9.17, 15) is 4.79 Å². The third kappa shape index (κ3) is 3.54. The van der Waals surface area contributed by atoms with Crippen molar-refractivity contribution in [3.63, 3.8) is 0 Å². The normalized spacial score (nSPS) is 9.90. The van der Waals surface area contributed by atoms with Gasteiger partial charge >= 0.3 is 0 Å². The van der Waals surface area contributed by atoms with Gasteiger partial charge in [-0.1, -0.05) is 40.5 Å². The summed E-state index contributed by atoms with van der Waals surface area (Å²) in [4.78, 5) is 15.8. The van der Waals surface area contributed by atoms with Crippen LogP contribution in [0.15, 0.2) is 52.5 Å². The van der Waals surface area contributed by atoms with Crippen LogP contribution in [-0.4, -0.2) is 5.12 Å². The van der Waals surface area contributed by atoms with Crippen molar-refractivity contribution in [2.75, 3.05) is 0 Å². The fraction of sp³-hybridized carbons (Fsp3) is 0.0714. The molecule has 4 nitrogen and oxygen atoms in total. The minimum Gasteiger partial charge on any atom is -0.281 e. The fourth-order valence-electron chi connectivity index (χ4n) is 1.58. The van der Waals surface area contributed by atoms with Crippen molar-refractivity contribution in [3.05, 3.63) is 69.1 Å². The van der Waals surface area contributed by atoms with Gasteiger partial charge in [0.1, 0.15) is 0 Å². The van der Waals surface area contributed by atoms with Crippen LogP contribution < -0.4 is 0 Å². The molecule has 0 aliphatic carbocycles. The van der Waals surface area contributed by atoms with E-state index >= 15 is 0 Å². The number of hydrogen-bond donors (Lipinski definition) is 0. The summed E-state index contributed by atoms with van der Waals surface area (Å²) in [6.07, 6.45) is 0. The van der Waals surface area contributed by atoms with Gasteiger partial charge in [-0.05, 0) is 48.5 Å². The molecule has 6 heteroatoms. The number of hydrogen-bond acceptors (Lipinski definition) is 3. The summed E-state index contributed by atoms with van der Waals surface area (Å²) in [5.41, 5.74) is 10.2. The van der Waals surface area contributed by atoms with Gasteiger partial charge in [0.25, 0.3) is 0 Å². The maximum Gasteiger partial charge on any atom is 0.224 e. The SMILES string of the molecule is Cc1ccc(SC(=O)c2cc(Cl)ccc2N=[N+]=[N-])cc1. The molecule has 0 spiro atoms. The van der Waals surface area contributed by atoms with Crippen LogP contribution in [-0.2, 0) is 0 Å². The van der Waals surface area contributed by atoms with Crippen LogP contribution >= 0.6 is 23.4 Å². The number of carbonyl (C=O) groups excluding carboxylic acids is 1. The molecule has 2 aromatic rings. The van der Waals surface area contributed by atoms with Crippen molar-refractivity contribution in [1.82, 2.24) is 0 Å². The molecule has 0 radical (unpaired) electrons. The van der Waals surface area contributed by atoms with Crippen LogP contribution in [0.1, 0.15) is 15.9 Å². The van der Waals surface area contributed by atoms with Crippen LogP contribution in [0.3, 0.4) is 0 Å². The van der Waals surface area contributed by atoms with Crippen LogP contribution in [0.4, 0.5) is 5.69 Å². The first-order valence-electron chi connectivity index (χ1n) is 5.73. The van der Waals surface area contributed by atoms with Gasteiger partial charge < -0.3 is 0 Å².